The second-order valence-corrected chi connectivity index (χ2v) is 10.6. The summed E-state index contributed by atoms with van der Waals surface area (Å²) in [4.78, 5) is 27.8. The van der Waals surface area contributed by atoms with Crippen molar-refractivity contribution in [2.24, 2.45) is 34.6 Å². The zero-order valence-corrected chi connectivity index (χ0v) is 17.2. The molecular formula is C22H32N4O3. The first-order valence-electron chi connectivity index (χ1n) is 11.3. The number of piperidine rings is 1. The Morgan fingerprint density at radius 2 is 1.86 bits per heavy atom. The number of esters is 1. The van der Waals surface area contributed by atoms with Crippen molar-refractivity contribution in [3.63, 3.8) is 0 Å². The highest BCUT2D eigenvalue weighted by Crippen LogP contribution is 2.64. The smallest absolute Gasteiger partial charge is 0.323 e. The molecule has 5 unspecified atom stereocenters. The molecule has 6 fully saturated rings. The third-order valence-electron chi connectivity index (χ3n) is 8.55. The monoisotopic (exact) mass is 400 g/mol. The van der Waals surface area contributed by atoms with Crippen LogP contribution in [0.5, 0.6) is 0 Å². The van der Waals surface area contributed by atoms with Crippen molar-refractivity contribution in [1.82, 2.24) is 4.90 Å². The maximum absolute atomic E-state index is 13.5. The van der Waals surface area contributed by atoms with Crippen LogP contribution in [0.2, 0.25) is 0 Å². The van der Waals surface area contributed by atoms with Crippen LogP contribution in [-0.2, 0) is 14.3 Å². The highest BCUT2D eigenvalue weighted by Gasteiger charge is 2.64. The van der Waals surface area contributed by atoms with Gasteiger partial charge in [-0.05, 0) is 81.0 Å². The van der Waals surface area contributed by atoms with E-state index in [-0.39, 0.29) is 29.4 Å². The number of nitrogens with zero attached hydrogens (tertiary/aromatic N) is 2. The first-order valence-corrected chi connectivity index (χ1v) is 11.3. The minimum Gasteiger partial charge on any atom is -0.458 e. The Hall–Kier alpha value is -1.65. The lowest BCUT2D eigenvalue weighted by Gasteiger charge is -2.62. The molecular weight excluding hydrogens is 368 g/mol. The van der Waals surface area contributed by atoms with Gasteiger partial charge in [0.1, 0.15) is 17.7 Å². The van der Waals surface area contributed by atoms with Crippen molar-refractivity contribution in [2.45, 2.75) is 94.5 Å². The molecule has 1 amide bonds. The molecule has 9 atom stereocenters. The summed E-state index contributed by atoms with van der Waals surface area (Å²) in [6.45, 7) is 1.88. The van der Waals surface area contributed by atoms with Crippen LogP contribution in [0.1, 0.15) is 64.7 Å². The molecule has 7 nitrogen and oxygen atoms in total. The highest BCUT2D eigenvalue weighted by atomic mass is 16.6. The van der Waals surface area contributed by atoms with E-state index in [9.17, 15) is 14.9 Å². The second kappa shape index (κ2) is 6.42. The van der Waals surface area contributed by atoms with Gasteiger partial charge in [-0.15, -0.1) is 0 Å². The number of hydrogen-bond donors (Lipinski definition) is 2. The average molecular weight is 401 g/mol. The summed E-state index contributed by atoms with van der Waals surface area (Å²) in [6, 6.07) is 0.961. The van der Waals surface area contributed by atoms with E-state index >= 15 is 0 Å². The molecule has 5 saturated carbocycles. The van der Waals surface area contributed by atoms with Crippen LogP contribution in [0.3, 0.4) is 0 Å². The van der Waals surface area contributed by atoms with Gasteiger partial charge in [0, 0.05) is 6.04 Å². The van der Waals surface area contributed by atoms with Gasteiger partial charge in [-0.25, -0.2) is 0 Å². The molecule has 6 aliphatic rings. The van der Waals surface area contributed by atoms with Gasteiger partial charge in [0.15, 0.2) is 0 Å². The summed E-state index contributed by atoms with van der Waals surface area (Å²) >= 11 is 0. The largest absolute Gasteiger partial charge is 0.458 e. The first-order chi connectivity index (χ1) is 13.8. The third kappa shape index (κ3) is 2.90. The van der Waals surface area contributed by atoms with Crippen molar-refractivity contribution in [2.75, 3.05) is 0 Å². The third-order valence-corrected chi connectivity index (χ3v) is 8.55. The normalized spacial score (nSPS) is 46.0. The summed E-state index contributed by atoms with van der Waals surface area (Å²) in [5, 5.41) is 9.50. The van der Waals surface area contributed by atoms with E-state index in [4.69, 9.17) is 16.2 Å². The lowest BCUT2D eigenvalue weighted by Crippen LogP contribution is -2.66. The summed E-state index contributed by atoms with van der Waals surface area (Å²) in [7, 11) is 0. The number of ether oxygens (including phenoxy) is 1. The SMILES string of the molecule is CC[C@H](N)C(=O)OC12CC3C[C@H](C1)CC([C@H](N)C(=O)N1C4CC4C[C@H]1C#N)(C3)C2. The number of rotatable bonds is 5. The Balaban J connectivity index is 1.39. The lowest BCUT2D eigenvalue weighted by molar-refractivity contribution is -0.207. The van der Waals surface area contributed by atoms with Crippen molar-refractivity contribution < 1.29 is 14.3 Å². The summed E-state index contributed by atoms with van der Waals surface area (Å²) in [5.74, 6) is 0.985. The molecule has 0 aromatic heterocycles. The van der Waals surface area contributed by atoms with Crippen LogP contribution in [-0.4, -0.2) is 46.5 Å². The van der Waals surface area contributed by atoms with Crippen molar-refractivity contribution in [3.05, 3.63) is 0 Å². The number of hydrogen-bond acceptors (Lipinski definition) is 6. The summed E-state index contributed by atoms with van der Waals surface area (Å²) in [6.07, 6.45) is 7.71. The van der Waals surface area contributed by atoms with Gasteiger partial charge < -0.3 is 21.1 Å². The van der Waals surface area contributed by atoms with Crippen LogP contribution in [0.15, 0.2) is 0 Å². The van der Waals surface area contributed by atoms with Crippen LogP contribution >= 0.6 is 0 Å². The number of carbonyl (C=O) groups is 2. The van der Waals surface area contributed by atoms with E-state index in [1.165, 1.54) is 0 Å². The van der Waals surface area contributed by atoms with Gasteiger partial charge >= 0.3 is 5.97 Å². The first kappa shape index (κ1) is 19.3. The van der Waals surface area contributed by atoms with E-state index in [0.717, 1.165) is 44.9 Å². The van der Waals surface area contributed by atoms with E-state index in [2.05, 4.69) is 6.07 Å². The second-order valence-electron chi connectivity index (χ2n) is 10.6. The Bertz CT molecular complexity index is 763. The van der Waals surface area contributed by atoms with Crippen molar-refractivity contribution in [3.8, 4) is 6.07 Å². The Morgan fingerprint density at radius 3 is 2.48 bits per heavy atom. The molecule has 1 heterocycles. The lowest BCUT2D eigenvalue weighted by atomic mass is 9.46. The van der Waals surface area contributed by atoms with E-state index in [1.54, 1.807) is 4.90 Å². The fraction of sp³-hybridized carbons (Fsp3) is 0.864. The Kier molecular flexibility index (Phi) is 4.28. The minimum atomic E-state index is -0.624. The zero-order valence-electron chi connectivity index (χ0n) is 17.2. The molecule has 4 bridgehead atoms. The van der Waals surface area contributed by atoms with E-state index < -0.39 is 17.7 Å². The number of likely N-dealkylation sites (tertiary alicyclic amines) is 1. The molecule has 6 rings (SSSR count). The molecule has 29 heavy (non-hydrogen) atoms. The Morgan fingerprint density at radius 1 is 1.17 bits per heavy atom. The van der Waals surface area contributed by atoms with Crippen molar-refractivity contribution in [1.29, 1.82) is 5.26 Å². The summed E-state index contributed by atoms with van der Waals surface area (Å²) < 4.78 is 6.06. The van der Waals surface area contributed by atoms with Crippen LogP contribution in [0, 0.1) is 34.5 Å². The number of fused-ring (bicyclic) bond motifs is 1. The maximum Gasteiger partial charge on any atom is 0.323 e. The molecule has 1 aliphatic heterocycles. The molecule has 0 spiro atoms. The number of nitrogens with two attached hydrogens (primary N) is 2. The van der Waals surface area contributed by atoms with Crippen LogP contribution in [0.25, 0.3) is 0 Å². The highest BCUT2D eigenvalue weighted by molar-refractivity contribution is 5.84. The van der Waals surface area contributed by atoms with Gasteiger partial charge in [-0.3, -0.25) is 9.59 Å². The van der Waals surface area contributed by atoms with Crippen LogP contribution in [0.4, 0.5) is 0 Å². The fourth-order valence-electron chi connectivity index (χ4n) is 7.50. The molecule has 0 radical (unpaired) electrons. The van der Waals surface area contributed by atoms with Gasteiger partial charge in [0.25, 0.3) is 0 Å². The number of carbonyl (C=O) groups excluding carboxylic acids is 2. The predicted octanol–water partition coefficient (Wildman–Crippen LogP) is 1.45. The van der Waals surface area contributed by atoms with E-state index in [1.807, 2.05) is 6.92 Å². The maximum atomic E-state index is 13.5. The van der Waals surface area contributed by atoms with E-state index in [0.29, 0.717) is 30.6 Å². The topological polar surface area (TPSA) is 122 Å². The molecule has 5 aliphatic carbocycles. The van der Waals surface area contributed by atoms with Crippen LogP contribution < -0.4 is 11.5 Å². The Labute approximate surface area is 172 Å². The van der Waals surface area contributed by atoms with Crippen molar-refractivity contribution >= 4 is 11.9 Å². The van der Waals surface area contributed by atoms with Gasteiger partial charge in [0.2, 0.25) is 5.91 Å². The fourth-order valence-corrected chi connectivity index (χ4v) is 7.50. The molecule has 1 saturated heterocycles. The predicted molar refractivity (Wildman–Crippen MR) is 105 cm³/mol. The number of amides is 1. The van der Waals surface area contributed by atoms with Gasteiger partial charge in [-0.1, -0.05) is 6.92 Å². The summed E-state index contributed by atoms with van der Waals surface area (Å²) in [5.41, 5.74) is 11.8. The average Bonchev–Trinajstić information content (AvgIpc) is 3.34. The minimum absolute atomic E-state index is 0.0600. The quantitative estimate of drug-likeness (QED) is 0.674. The molecule has 0 aromatic rings. The number of nitriles is 1. The van der Waals surface area contributed by atoms with Gasteiger partial charge in [0.05, 0.1) is 12.1 Å². The standard InChI is InChI=1S/C22H32N4O3/c1-2-16(24)20(28)29-22-8-12-3-13(9-22)7-21(6-12,11-22)18(25)19(27)26-15(10-23)4-14-5-17(14)26/h12-18H,2-9,11,24-25H2,1H3/t12-,13?,14?,15-,16-,17?,18+,21?,22?/m0/s1. The molecule has 7 heteroatoms. The zero-order chi connectivity index (χ0) is 20.6. The molecule has 0 aromatic carbocycles. The van der Waals surface area contributed by atoms with Gasteiger partial charge in [-0.2, -0.15) is 5.26 Å². The molecule has 158 valence electrons. The molecule has 4 N–H and O–H groups in total.